The van der Waals surface area contributed by atoms with E-state index in [-0.39, 0.29) is 41.6 Å². The lowest BCUT2D eigenvalue weighted by atomic mass is 10.1. The third kappa shape index (κ3) is 4.00. The zero-order valence-corrected chi connectivity index (χ0v) is 16.3. The molecule has 1 saturated heterocycles. The van der Waals surface area contributed by atoms with Crippen molar-refractivity contribution >= 4 is 28.9 Å². The lowest BCUT2D eigenvalue weighted by Crippen LogP contribution is -2.54. The van der Waals surface area contributed by atoms with Gasteiger partial charge in [0.2, 0.25) is 0 Å². The number of piperazine rings is 1. The molecule has 29 heavy (non-hydrogen) atoms. The van der Waals surface area contributed by atoms with Crippen molar-refractivity contribution in [2.45, 2.75) is 19.9 Å². The molecule has 0 N–H and O–H groups in total. The topological polar surface area (TPSA) is 66.7 Å². The second-order valence-electron chi connectivity index (χ2n) is 6.89. The van der Waals surface area contributed by atoms with Crippen LogP contribution in [0.3, 0.4) is 0 Å². The van der Waals surface area contributed by atoms with Gasteiger partial charge in [0.15, 0.2) is 17.5 Å². The number of aryl methyl sites for hydroxylation is 1. The van der Waals surface area contributed by atoms with Crippen LogP contribution in [-0.2, 0) is 0 Å². The maximum absolute atomic E-state index is 14.4. The Morgan fingerprint density at radius 2 is 1.79 bits per heavy atom. The van der Waals surface area contributed by atoms with Gasteiger partial charge in [-0.05, 0) is 32.0 Å². The molecule has 154 valence electrons. The fourth-order valence-electron chi connectivity index (χ4n) is 3.41. The zero-order chi connectivity index (χ0) is 21.5. The Hall–Kier alpha value is -2.81. The summed E-state index contributed by atoms with van der Waals surface area (Å²) in [6.07, 6.45) is 0. The fraction of sp³-hybridized carbons (Fsp3) is 0.316. The summed E-state index contributed by atoms with van der Waals surface area (Å²) in [5.41, 5.74) is 0.0772. The number of hydrogen-bond acceptors (Lipinski definition) is 4. The van der Waals surface area contributed by atoms with Crippen molar-refractivity contribution in [3.63, 3.8) is 0 Å². The number of halogens is 4. The van der Waals surface area contributed by atoms with Crippen LogP contribution in [0.15, 0.2) is 24.3 Å². The Kier molecular flexibility index (Phi) is 5.70. The maximum Gasteiger partial charge on any atom is 0.275 e. The maximum atomic E-state index is 14.4. The number of benzene rings is 2. The first-order valence-corrected chi connectivity index (χ1v) is 9.13. The highest BCUT2D eigenvalue weighted by Gasteiger charge is 2.31. The molecule has 0 aliphatic carbocycles. The van der Waals surface area contributed by atoms with Gasteiger partial charge < -0.3 is 9.80 Å². The zero-order valence-electron chi connectivity index (χ0n) is 15.6. The average molecular weight is 428 g/mol. The van der Waals surface area contributed by atoms with E-state index >= 15 is 0 Å². The van der Waals surface area contributed by atoms with Crippen LogP contribution in [0.5, 0.6) is 0 Å². The van der Waals surface area contributed by atoms with Crippen molar-refractivity contribution in [1.29, 1.82) is 0 Å². The Balaban J connectivity index is 1.81. The smallest absolute Gasteiger partial charge is 0.275 e. The Morgan fingerprint density at radius 3 is 2.41 bits per heavy atom. The third-order valence-corrected chi connectivity index (χ3v) is 5.24. The molecule has 1 heterocycles. The number of hydrogen-bond donors (Lipinski definition) is 0. The van der Waals surface area contributed by atoms with Gasteiger partial charge in [0.05, 0.1) is 27.3 Å². The first-order valence-electron chi connectivity index (χ1n) is 8.75. The Labute approximate surface area is 169 Å². The third-order valence-electron chi connectivity index (χ3n) is 4.93. The molecule has 1 aliphatic heterocycles. The lowest BCUT2D eigenvalue weighted by Gasteiger charge is -2.41. The monoisotopic (exact) mass is 427 g/mol. The summed E-state index contributed by atoms with van der Waals surface area (Å²) in [5.74, 6) is -3.60. The van der Waals surface area contributed by atoms with Crippen LogP contribution in [-0.4, -0.2) is 41.4 Å². The number of anilines is 1. The van der Waals surface area contributed by atoms with Crippen molar-refractivity contribution < 1.29 is 22.9 Å². The van der Waals surface area contributed by atoms with E-state index in [1.807, 2.05) is 0 Å². The molecule has 6 nitrogen and oxygen atoms in total. The molecular weight excluding hydrogens is 411 g/mol. The van der Waals surface area contributed by atoms with Crippen LogP contribution >= 0.6 is 11.6 Å². The molecule has 0 bridgehead atoms. The van der Waals surface area contributed by atoms with E-state index in [1.165, 1.54) is 17.9 Å². The molecule has 0 spiro atoms. The summed E-state index contributed by atoms with van der Waals surface area (Å²) in [6.45, 7) is 3.95. The van der Waals surface area contributed by atoms with Gasteiger partial charge in [-0.2, -0.15) is 0 Å². The normalized spacial score (nSPS) is 16.8. The minimum atomic E-state index is -1.17. The molecule has 2 aromatic carbocycles. The number of carbonyl (C=O) groups is 1. The first-order chi connectivity index (χ1) is 13.6. The minimum absolute atomic E-state index is 0.150. The highest BCUT2D eigenvalue weighted by atomic mass is 35.5. The summed E-state index contributed by atoms with van der Waals surface area (Å²) < 4.78 is 41.2. The number of carbonyl (C=O) groups excluding carboxylic acids is 1. The summed E-state index contributed by atoms with van der Waals surface area (Å²) in [5, 5.41) is 10.8. The molecule has 1 fully saturated rings. The summed E-state index contributed by atoms with van der Waals surface area (Å²) in [7, 11) is 0. The predicted molar refractivity (Wildman–Crippen MR) is 102 cm³/mol. The van der Waals surface area contributed by atoms with Gasteiger partial charge in [0.25, 0.3) is 11.6 Å². The van der Waals surface area contributed by atoms with Crippen LogP contribution in [0.25, 0.3) is 0 Å². The Bertz CT molecular complexity index is 1000. The average Bonchev–Trinajstić information content (AvgIpc) is 2.65. The quantitative estimate of drug-likeness (QED) is 0.415. The lowest BCUT2D eigenvalue weighted by molar-refractivity contribution is -0.385. The second kappa shape index (κ2) is 7.90. The van der Waals surface area contributed by atoms with Crippen LogP contribution in [0, 0.1) is 34.5 Å². The van der Waals surface area contributed by atoms with E-state index in [2.05, 4.69) is 0 Å². The Morgan fingerprint density at radius 1 is 1.14 bits per heavy atom. The molecule has 2 aromatic rings. The fourth-order valence-corrected chi connectivity index (χ4v) is 3.65. The summed E-state index contributed by atoms with van der Waals surface area (Å²) >= 11 is 5.90. The van der Waals surface area contributed by atoms with Crippen LogP contribution < -0.4 is 4.90 Å². The summed E-state index contributed by atoms with van der Waals surface area (Å²) in [6, 6.07) is 3.41. The number of nitro groups is 1. The minimum Gasteiger partial charge on any atom is -0.365 e. The summed E-state index contributed by atoms with van der Waals surface area (Å²) in [4.78, 5) is 26.2. The van der Waals surface area contributed by atoms with Crippen molar-refractivity contribution in [3.8, 4) is 0 Å². The van der Waals surface area contributed by atoms with Crippen LogP contribution in [0.1, 0.15) is 22.8 Å². The van der Waals surface area contributed by atoms with E-state index in [1.54, 1.807) is 11.8 Å². The molecule has 3 rings (SSSR count). The van der Waals surface area contributed by atoms with E-state index in [9.17, 15) is 28.1 Å². The SMILES string of the molecule is Cc1cc(N2CCN(C(=O)c3cc(F)c(F)cc3Cl)C(C)C2)c(F)cc1[N+](=O)[O-]. The van der Waals surface area contributed by atoms with E-state index in [0.717, 1.165) is 18.2 Å². The first kappa shape index (κ1) is 20.9. The van der Waals surface area contributed by atoms with Gasteiger partial charge in [-0.25, -0.2) is 13.2 Å². The van der Waals surface area contributed by atoms with Crippen LogP contribution in [0.2, 0.25) is 5.02 Å². The van der Waals surface area contributed by atoms with Gasteiger partial charge in [0.1, 0.15) is 0 Å². The predicted octanol–water partition coefficient (Wildman–Crippen LogP) is 4.32. The molecule has 0 radical (unpaired) electrons. The van der Waals surface area contributed by atoms with E-state index in [4.69, 9.17) is 11.6 Å². The molecule has 1 amide bonds. The highest BCUT2D eigenvalue weighted by molar-refractivity contribution is 6.33. The van der Waals surface area contributed by atoms with Gasteiger partial charge in [0, 0.05) is 31.2 Å². The van der Waals surface area contributed by atoms with Gasteiger partial charge in [-0.3, -0.25) is 14.9 Å². The van der Waals surface area contributed by atoms with Crippen molar-refractivity contribution in [1.82, 2.24) is 4.90 Å². The van der Waals surface area contributed by atoms with E-state index < -0.39 is 34.3 Å². The molecule has 0 aromatic heterocycles. The molecule has 0 saturated carbocycles. The van der Waals surface area contributed by atoms with E-state index in [0.29, 0.717) is 5.56 Å². The highest BCUT2D eigenvalue weighted by Crippen LogP contribution is 2.30. The molecule has 1 atom stereocenters. The number of amides is 1. The number of nitro benzene ring substituents is 1. The van der Waals surface area contributed by atoms with Crippen molar-refractivity contribution in [3.05, 3.63) is 68.0 Å². The largest absolute Gasteiger partial charge is 0.365 e. The molecule has 1 unspecified atom stereocenters. The molecule has 10 heteroatoms. The number of rotatable bonds is 3. The molecule has 1 aliphatic rings. The number of nitrogens with zero attached hydrogens (tertiary/aromatic N) is 3. The molecular formula is C19H17ClF3N3O3. The standard InChI is InChI=1S/C19H17ClF3N3O3/c1-10-5-18(16(23)8-17(10)26(28)29)24-3-4-25(11(2)9-24)19(27)12-6-14(21)15(22)7-13(12)20/h5-8,11H,3-4,9H2,1-2H3. The van der Waals surface area contributed by atoms with Crippen molar-refractivity contribution in [2.75, 3.05) is 24.5 Å². The second-order valence-corrected chi connectivity index (χ2v) is 7.29. The van der Waals surface area contributed by atoms with Gasteiger partial charge in [-0.15, -0.1) is 0 Å². The van der Waals surface area contributed by atoms with Crippen LogP contribution in [0.4, 0.5) is 24.5 Å². The van der Waals surface area contributed by atoms with Gasteiger partial charge in [-0.1, -0.05) is 11.6 Å². The van der Waals surface area contributed by atoms with Gasteiger partial charge >= 0.3 is 0 Å². The van der Waals surface area contributed by atoms with Crippen molar-refractivity contribution in [2.24, 2.45) is 0 Å².